The lowest BCUT2D eigenvalue weighted by Gasteiger charge is -2.05. The normalized spacial score (nSPS) is 12.6. The fraction of sp³-hybridized carbons (Fsp3) is 0.263. The van der Waals surface area contributed by atoms with Crippen LogP contribution >= 0.6 is 11.3 Å². The van der Waals surface area contributed by atoms with E-state index < -0.39 is 17.8 Å². The molecule has 0 radical (unpaired) electrons. The number of aryl methyl sites for hydroxylation is 1. The average molecular weight is 401 g/mol. The van der Waals surface area contributed by atoms with Gasteiger partial charge >= 0.3 is 5.97 Å². The highest BCUT2D eigenvalue weighted by atomic mass is 32.1. The first-order chi connectivity index (χ1) is 13.5. The van der Waals surface area contributed by atoms with Crippen LogP contribution in [0.2, 0.25) is 0 Å². The second-order valence-electron chi connectivity index (χ2n) is 6.10. The Hall–Kier alpha value is -3.20. The van der Waals surface area contributed by atoms with E-state index in [4.69, 9.17) is 10.6 Å². The fourth-order valence-corrected chi connectivity index (χ4v) is 4.24. The minimum Gasteiger partial charge on any atom is -0.465 e. The molecule has 1 aliphatic rings. The second-order valence-corrected chi connectivity index (χ2v) is 7.20. The molecule has 1 aliphatic carbocycles. The molecule has 1 aromatic heterocycles. The van der Waals surface area contributed by atoms with Gasteiger partial charge in [0.2, 0.25) is 0 Å². The largest absolute Gasteiger partial charge is 0.465 e. The summed E-state index contributed by atoms with van der Waals surface area (Å²) in [6.07, 6.45) is 4.11. The number of carbonyl (C=O) groups is 3. The number of oxime groups is 1. The predicted molar refractivity (Wildman–Crippen MR) is 105 cm³/mol. The molecule has 0 saturated carbocycles. The minimum atomic E-state index is -0.538. The summed E-state index contributed by atoms with van der Waals surface area (Å²) in [5, 5.41) is 6.88. The summed E-state index contributed by atoms with van der Waals surface area (Å²) in [5.41, 5.74) is 7.93. The summed E-state index contributed by atoms with van der Waals surface area (Å²) < 4.78 is 4.62. The molecule has 146 valence electrons. The van der Waals surface area contributed by atoms with Crippen molar-refractivity contribution >= 4 is 40.3 Å². The molecule has 1 heterocycles. The molecule has 3 rings (SSSR count). The molecule has 0 fully saturated rings. The number of hydrogen-bond acceptors (Lipinski definition) is 7. The zero-order chi connectivity index (χ0) is 20.1. The summed E-state index contributed by atoms with van der Waals surface area (Å²) in [4.78, 5) is 41.3. The molecule has 0 unspecified atom stereocenters. The summed E-state index contributed by atoms with van der Waals surface area (Å²) in [6.45, 7) is -0.308. The molecular formula is C19H19N3O5S. The third-order valence-electron chi connectivity index (χ3n) is 4.22. The van der Waals surface area contributed by atoms with Crippen LogP contribution in [0.15, 0.2) is 29.4 Å². The fourth-order valence-electron chi connectivity index (χ4n) is 2.93. The lowest BCUT2D eigenvalue weighted by molar-refractivity contribution is -0.120. The van der Waals surface area contributed by atoms with Gasteiger partial charge in [-0.2, -0.15) is 0 Å². The number of anilines is 1. The number of benzene rings is 1. The molecule has 28 heavy (non-hydrogen) atoms. The first-order valence-electron chi connectivity index (χ1n) is 8.57. The summed E-state index contributed by atoms with van der Waals surface area (Å²) in [7, 11) is 1.31. The quantitative estimate of drug-likeness (QED) is 0.418. The number of fused-ring (bicyclic) bond motifs is 1. The molecule has 0 atom stereocenters. The lowest BCUT2D eigenvalue weighted by atomic mass is 10.1. The van der Waals surface area contributed by atoms with Crippen LogP contribution in [0.1, 0.15) is 43.1 Å². The van der Waals surface area contributed by atoms with Crippen LogP contribution in [0.3, 0.4) is 0 Å². The number of hydrogen-bond donors (Lipinski definition) is 2. The first-order valence-corrected chi connectivity index (χ1v) is 9.39. The van der Waals surface area contributed by atoms with Crippen LogP contribution in [0.4, 0.5) is 5.00 Å². The molecule has 0 spiro atoms. The Labute approximate surface area is 165 Å². The van der Waals surface area contributed by atoms with Crippen LogP contribution in [-0.2, 0) is 27.2 Å². The van der Waals surface area contributed by atoms with E-state index in [1.54, 1.807) is 24.3 Å². The SMILES string of the molecule is COC(=O)c1ccc(/C=N\OCC(=O)Nc2sc3c(c2C(N)=O)CCC3)cc1. The van der Waals surface area contributed by atoms with Gasteiger partial charge < -0.3 is 20.6 Å². The highest BCUT2D eigenvalue weighted by molar-refractivity contribution is 7.17. The van der Waals surface area contributed by atoms with Crippen LogP contribution in [0.25, 0.3) is 0 Å². The predicted octanol–water partition coefficient (Wildman–Crippen LogP) is 2.11. The smallest absolute Gasteiger partial charge is 0.337 e. The number of amides is 2. The Balaban J connectivity index is 1.53. The summed E-state index contributed by atoms with van der Waals surface area (Å²) in [6, 6.07) is 6.54. The van der Waals surface area contributed by atoms with Gasteiger partial charge in [-0.25, -0.2) is 4.79 Å². The van der Waals surface area contributed by atoms with Crippen molar-refractivity contribution in [2.75, 3.05) is 19.0 Å². The zero-order valence-electron chi connectivity index (χ0n) is 15.2. The van der Waals surface area contributed by atoms with E-state index in [2.05, 4.69) is 15.2 Å². The van der Waals surface area contributed by atoms with Crippen molar-refractivity contribution in [3.63, 3.8) is 0 Å². The highest BCUT2D eigenvalue weighted by Crippen LogP contribution is 2.38. The molecule has 8 nitrogen and oxygen atoms in total. The number of methoxy groups -OCH3 is 1. The standard InChI is InChI=1S/C19H19N3O5S/c1-26-19(25)12-7-5-11(6-8-12)9-21-27-10-15(23)22-18-16(17(20)24)13-3-2-4-14(13)28-18/h5-9H,2-4,10H2,1H3,(H2,20,24)(H,22,23)/b21-9-. The number of nitrogens with zero attached hydrogens (tertiary/aromatic N) is 1. The monoisotopic (exact) mass is 401 g/mol. The van der Waals surface area contributed by atoms with Crippen LogP contribution in [0.5, 0.6) is 0 Å². The molecule has 3 N–H and O–H groups in total. The van der Waals surface area contributed by atoms with Crippen molar-refractivity contribution in [3.8, 4) is 0 Å². The van der Waals surface area contributed by atoms with Gasteiger partial charge in [-0.1, -0.05) is 17.3 Å². The van der Waals surface area contributed by atoms with Crippen molar-refractivity contribution in [2.24, 2.45) is 10.9 Å². The maximum atomic E-state index is 12.1. The Kier molecular flexibility index (Phi) is 6.05. The Morgan fingerprint density at radius 3 is 2.68 bits per heavy atom. The second kappa shape index (κ2) is 8.66. The lowest BCUT2D eigenvalue weighted by Crippen LogP contribution is -2.20. The van der Waals surface area contributed by atoms with E-state index in [0.717, 1.165) is 29.7 Å². The Morgan fingerprint density at radius 2 is 2.00 bits per heavy atom. The summed E-state index contributed by atoms with van der Waals surface area (Å²) >= 11 is 1.38. The van der Waals surface area contributed by atoms with Crippen LogP contribution in [0, 0.1) is 0 Å². The number of esters is 1. The van der Waals surface area contributed by atoms with E-state index >= 15 is 0 Å². The molecule has 0 saturated heterocycles. The number of primary amides is 1. The van der Waals surface area contributed by atoms with E-state index in [1.807, 2.05) is 0 Å². The van der Waals surface area contributed by atoms with Gasteiger partial charge in [0.05, 0.1) is 24.5 Å². The van der Waals surface area contributed by atoms with Crippen LogP contribution in [-0.4, -0.2) is 37.7 Å². The van der Waals surface area contributed by atoms with Crippen molar-refractivity contribution in [1.82, 2.24) is 0 Å². The van der Waals surface area contributed by atoms with E-state index in [0.29, 0.717) is 21.7 Å². The topological polar surface area (TPSA) is 120 Å². The maximum Gasteiger partial charge on any atom is 0.337 e. The van der Waals surface area contributed by atoms with Crippen molar-refractivity contribution in [3.05, 3.63) is 51.4 Å². The number of nitrogens with one attached hydrogen (secondary N) is 1. The molecule has 1 aromatic carbocycles. The maximum absolute atomic E-state index is 12.1. The van der Waals surface area contributed by atoms with Gasteiger partial charge in [-0.05, 0) is 42.5 Å². The molecule has 2 aromatic rings. The van der Waals surface area contributed by atoms with Gasteiger partial charge in [0.15, 0.2) is 6.61 Å². The molecule has 2 amide bonds. The number of nitrogens with two attached hydrogens (primary N) is 1. The van der Waals surface area contributed by atoms with Gasteiger partial charge in [0.25, 0.3) is 11.8 Å². The Bertz CT molecular complexity index is 934. The van der Waals surface area contributed by atoms with Gasteiger partial charge in [-0.15, -0.1) is 11.3 Å². The minimum absolute atomic E-state index is 0.308. The van der Waals surface area contributed by atoms with Crippen molar-refractivity contribution in [1.29, 1.82) is 0 Å². The first kappa shape index (κ1) is 19.6. The van der Waals surface area contributed by atoms with Crippen LogP contribution < -0.4 is 11.1 Å². The third-order valence-corrected chi connectivity index (χ3v) is 5.43. The number of ether oxygens (including phenoxy) is 1. The third kappa shape index (κ3) is 4.37. The van der Waals surface area contributed by atoms with Gasteiger partial charge in [-0.3, -0.25) is 9.59 Å². The van der Waals surface area contributed by atoms with E-state index in [1.165, 1.54) is 24.7 Å². The number of thiophene rings is 1. The van der Waals surface area contributed by atoms with E-state index in [-0.39, 0.29) is 6.61 Å². The molecule has 9 heteroatoms. The summed E-state index contributed by atoms with van der Waals surface area (Å²) in [5.74, 6) is -1.39. The highest BCUT2D eigenvalue weighted by Gasteiger charge is 2.26. The van der Waals surface area contributed by atoms with E-state index in [9.17, 15) is 14.4 Å². The van der Waals surface area contributed by atoms with Crippen molar-refractivity contribution in [2.45, 2.75) is 19.3 Å². The molecule has 0 aliphatic heterocycles. The van der Waals surface area contributed by atoms with Gasteiger partial charge in [0, 0.05) is 4.88 Å². The molecule has 0 bridgehead atoms. The number of rotatable bonds is 7. The average Bonchev–Trinajstić information content (AvgIpc) is 3.25. The molecular weight excluding hydrogens is 382 g/mol. The Morgan fingerprint density at radius 1 is 1.25 bits per heavy atom. The zero-order valence-corrected chi connectivity index (χ0v) is 16.0. The number of carbonyl (C=O) groups excluding carboxylic acids is 3. The van der Waals surface area contributed by atoms with Gasteiger partial charge in [0.1, 0.15) is 5.00 Å². The van der Waals surface area contributed by atoms with Crippen molar-refractivity contribution < 1.29 is 24.0 Å².